The van der Waals surface area contributed by atoms with Crippen LogP contribution < -0.4 is 11.1 Å². The molecule has 0 unspecified atom stereocenters. The van der Waals surface area contributed by atoms with E-state index in [-0.39, 0.29) is 11.8 Å². The summed E-state index contributed by atoms with van der Waals surface area (Å²) in [6.45, 7) is 6.96. The minimum atomic E-state index is 0.112. The number of hydrogen-bond donors (Lipinski definition) is 2. The first-order valence-corrected chi connectivity index (χ1v) is 9.94. The van der Waals surface area contributed by atoms with Crippen molar-refractivity contribution in [1.82, 2.24) is 10.2 Å². The molecule has 1 aliphatic carbocycles. The predicted molar refractivity (Wildman–Crippen MR) is 102 cm³/mol. The number of hydrogen-bond acceptors (Lipinski definition) is 3. The second-order valence-electron chi connectivity index (χ2n) is 7.98. The van der Waals surface area contributed by atoms with E-state index in [4.69, 9.17) is 5.73 Å². The number of carbonyl (C=O) groups excluding carboxylic acids is 1. The number of nitrogens with one attached hydrogen (secondary N) is 1. The number of benzene rings is 1. The molecule has 0 spiro atoms. The third kappa shape index (κ3) is 4.83. The van der Waals surface area contributed by atoms with E-state index in [1.807, 2.05) is 0 Å². The molecule has 2 aliphatic rings. The van der Waals surface area contributed by atoms with Crippen LogP contribution in [-0.4, -0.2) is 30.4 Å². The van der Waals surface area contributed by atoms with Crippen LogP contribution in [0.1, 0.15) is 50.2 Å². The SMILES string of the molecule is CC1CCN(Cc2ccccc2CNC(=O)[C@@H]2CCC[C@@H]2CN)CC1. The highest BCUT2D eigenvalue weighted by Gasteiger charge is 2.31. The fraction of sp³-hybridized carbons (Fsp3) is 0.667. The normalized spacial score (nSPS) is 25.2. The minimum absolute atomic E-state index is 0.112. The maximum absolute atomic E-state index is 12.5. The molecule has 0 bridgehead atoms. The van der Waals surface area contributed by atoms with Gasteiger partial charge in [0.15, 0.2) is 0 Å². The van der Waals surface area contributed by atoms with Gasteiger partial charge in [0.2, 0.25) is 5.91 Å². The summed E-state index contributed by atoms with van der Waals surface area (Å²) in [5, 5.41) is 3.18. The molecule has 1 aromatic carbocycles. The van der Waals surface area contributed by atoms with Crippen molar-refractivity contribution in [3.8, 4) is 0 Å². The Bertz CT molecular complexity index is 566. The quantitative estimate of drug-likeness (QED) is 0.835. The Morgan fingerprint density at radius 2 is 1.88 bits per heavy atom. The number of piperidine rings is 1. The van der Waals surface area contributed by atoms with Crippen molar-refractivity contribution < 1.29 is 4.79 Å². The molecule has 4 heteroatoms. The summed E-state index contributed by atoms with van der Waals surface area (Å²) >= 11 is 0. The van der Waals surface area contributed by atoms with Gasteiger partial charge in [-0.25, -0.2) is 0 Å². The van der Waals surface area contributed by atoms with Crippen LogP contribution in [0.3, 0.4) is 0 Å². The van der Waals surface area contributed by atoms with Crippen LogP contribution in [0.4, 0.5) is 0 Å². The molecule has 138 valence electrons. The van der Waals surface area contributed by atoms with Gasteiger partial charge in [-0.05, 0) is 68.3 Å². The molecule has 4 nitrogen and oxygen atoms in total. The van der Waals surface area contributed by atoms with Gasteiger partial charge in [0.05, 0.1) is 0 Å². The first-order valence-electron chi connectivity index (χ1n) is 9.94. The molecule has 1 saturated heterocycles. The molecule has 3 rings (SSSR count). The fourth-order valence-corrected chi connectivity index (χ4v) is 4.32. The molecule has 1 amide bonds. The maximum Gasteiger partial charge on any atom is 0.223 e. The summed E-state index contributed by atoms with van der Waals surface area (Å²) in [4.78, 5) is 15.1. The minimum Gasteiger partial charge on any atom is -0.352 e. The van der Waals surface area contributed by atoms with Crippen molar-refractivity contribution in [2.75, 3.05) is 19.6 Å². The molecule has 1 saturated carbocycles. The first-order chi connectivity index (χ1) is 12.2. The number of carbonyl (C=O) groups is 1. The zero-order valence-corrected chi connectivity index (χ0v) is 15.5. The van der Waals surface area contributed by atoms with Crippen LogP contribution in [0.25, 0.3) is 0 Å². The molecule has 1 aliphatic heterocycles. The summed E-state index contributed by atoms with van der Waals surface area (Å²) in [7, 11) is 0. The van der Waals surface area contributed by atoms with E-state index in [1.54, 1.807) is 0 Å². The zero-order valence-electron chi connectivity index (χ0n) is 15.5. The summed E-state index contributed by atoms with van der Waals surface area (Å²) in [5.41, 5.74) is 8.42. The molecule has 0 aromatic heterocycles. The van der Waals surface area contributed by atoms with Gasteiger partial charge in [0.25, 0.3) is 0 Å². The maximum atomic E-state index is 12.5. The Morgan fingerprint density at radius 3 is 2.60 bits per heavy atom. The van der Waals surface area contributed by atoms with Gasteiger partial charge < -0.3 is 11.1 Å². The highest BCUT2D eigenvalue weighted by atomic mass is 16.1. The molecule has 2 atom stereocenters. The average molecular weight is 344 g/mol. The van der Waals surface area contributed by atoms with Gasteiger partial charge in [-0.3, -0.25) is 9.69 Å². The van der Waals surface area contributed by atoms with Crippen LogP contribution in [0.2, 0.25) is 0 Å². The largest absolute Gasteiger partial charge is 0.352 e. The molecule has 25 heavy (non-hydrogen) atoms. The van der Waals surface area contributed by atoms with Crippen molar-refractivity contribution in [3.05, 3.63) is 35.4 Å². The van der Waals surface area contributed by atoms with Crippen LogP contribution in [0.5, 0.6) is 0 Å². The van der Waals surface area contributed by atoms with Gasteiger partial charge in [-0.2, -0.15) is 0 Å². The highest BCUT2D eigenvalue weighted by molar-refractivity contribution is 5.79. The second kappa shape index (κ2) is 8.81. The number of nitrogens with zero attached hydrogens (tertiary/aromatic N) is 1. The number of rotatable bonds is 6. The fourth-order valence-electron chi connectivity index (χ4n) is 4.32. The van der Waals surface area contributed by atoms with Crippen molar-refractivity contribution in [2.24, 2.45) is 23.5 Å². The molecule has 1 heterocycles. The molecule has 1 aromatic rings. The third-order valence-electron chi connectivity index (χ3n) is 6.14. The van der Waals surface area contributed by atoms with Gasteiger partial charge in [0, 0.05) is 19.0 Å². The lowest BCUT2D eigenvalue weighted by atomic mass is 9.95. The van der Waals surface area contributed by atoms with Crippen molar-refractivity contribution >= 4 is 5.91 Å². The molecule has 3 N–H and O–H groups in total. The molecular formula is C21H33N3O. The number of nitrogens with two attached hydrogens (primary N) is 1. The smallest absolute Gasteiger partial charge is 0.223 e. The van der Waals surface area contributed by atoms with E-state index < -0.39 is 0 Å². The zero-order chi connectivity index (χ0) is 17.6. The lowest BCUT2D eigenvalue weighted by Gasteiger charge is -2.30. The highest BCUT2D eigenvalue weighted by Crippen LogP contribution is 2.31. The average Bonchev–Trinajstić information content (AvgIpc) is 3.11. The topological polar surface area (TPSA) is 58.4 Å². The van der Waals surface area contributed by atoms with Crippen molar-refractivity contribution in [2.45, 2.75) is 52.1 Å². The summed E-state index contributed by atoms with van der Waals surface area (Å²) < 4.78 is 0. The van der Waals surface area contributed by atoms with E-state index in [0.717, 1.165) is 31.7 Å². The van der Waals surface area contributed by atoms with Crippen molar-refractivity contribution in [1.29, 1.82) is 0 Å². The Labute approximate surface area is 152 Å². The predicted octanol–water partition coefficient (Wildman–Crippen LogP) is 2.91. The van der Waals surface area contributed by atoms with Crippen molar-refractivity contribution in [3.63, 3.8) is 0 Å². The van der Waals surface area contributed by atoms with Gasteiger partial charge in [-0.15, -0.1) is 0 Å². The Morgan fingerprint density at radius 1 is 1.16 bits per heavy atom. The second-order valence-corrected chi connectivity index (χ2v) is 7.98. The molecule has 2 fully saturated rings. The van der Waals surface area contributed by atoms with E-state index in [9.17, 15) is 4.79 Å². The van der Waals surface area contributed by atoms with Crippen LogP contribution in [-0.2, 0) is 17.9 Å². The van der Waals surface area contributed by atoms with Gasteiger partial charge in [0.1, 0.15) is 0 Å². The monoisotopic (exact) mass is 343 g/mol. The van der Waals surface area contributed by atoms with E-state index in [2.05, 4.69) is 41.4 Å². The Balaban J connectivity index is 1.56. The summed E-state index contributed by atoms with van der Waals surface area (Å²) in [6, 6.07) is 8.53. The molecular weight excluding hydrogens is 310 g/mol. The third-order valence-corrected chi connectivity index (χ3v) is 6.14. The van der Waals surface area contributed by atoms with Crippen LogP contribution in [0.15, 0.2) is 24.3 Å². The van der Waals surface area contributed by atoms with E-state index in [1.165, 1.54) is 37.1 Å². The Hall–Kier alpha value is -1.39. The lowest BCUT2D eigenvalue weighted by molar-refractivity contribution is -0.126. The van der Waals surface area contributed by atoms with Gasteiger partial charge >= 0.3 is 0 Å². The lowest BCUT2D eigenvalue weighted by Crippen LogP contribution is -2.35. The standard InChI is InChI=1S/C21H33N3O/c1-16-9-11-24(12-10-16)15-19-6-3-2-5-18(19)14-23-21(25)20-8-4-7-17(20)13-22/h2-3,5-6,16-17,20H,4,7-15,22H2,1H3,(H,23,25)/t17-,20-/m1/s1. The summed E-state index contributed by atoms with van der Waals surface area (Å²) in [6.07, 6.45) is 5.80. The summed E-state index contributed by atoms with van der Waals surface area (Å²) in [5.74, 6) is 1.52. The number of likely N-dealkylation sites (tertiary alicyclic amines) is 1. The van der Waals surface area contributed by atoms with E-state index >= 15 is 0 Å². The Kier molecular flexibility index (Phi) is 6.49. The first kappa shape index (κ1) is 18.4. The molecule has 0 radical (unpaired) electrons. The van der Waals surface area contributed by atoms with Crippen LogP contribution >= 0.6 is 0 Å². The van der Waals surface area contributed by atoms with Gasteiger partial charge in [-0.1, -0.05) is 37.6 Å². The van der Waals surface area contributed by atoms with E-state index in [0.29, 0.717) is 19.0 Å². The van der Waals surface area contributed by atoms with Crippen LogP contribution in [0, 0.1) is 17.8 Å². The number of amides is 1.